The van der Waals surface area contributed by atoms with Crippen molar-refractivity contribution in [3.63, 3.8) is 0 Å². The number of amides is 2. The first-order valence-electron chi connectivity index (χ1n) is 11.9. The minimum Gasteiger partial charge on any atom is -0.355 e. The fourth-order valence-electron chi connectivity index (χ4n) is 3.90. The number of benzene rings is 3. The molecule has 0 saturated heterocycles. The summed E-state index contributed by atoms with van der Waals surface area (Å²) < 4.78 is 40.4. The van der Waals surface area contributed by atoms with E-state index in [-0.39, 0.29) is 23.7 Å². The van der Waals surface area contributed by atoms with E-state index in [9.17, 15) is 22.8 Å². The van der Waals surface area contributed by atoms with Crippen molar-refractivity contribution in [2.75, 3.05) is 43.1 Å². The Kier molecular flexibility index (Phi) is 9.67. The van der Waals surface area contributed by atoms with Gasteiger partial charge in [-0.2, -0.15) is 13.2 Å². The van der Waals surface area contributed by atoms with Crippen LogP contribution >= 0.6 is 24.0 Å². The van der Waals surface area contributed by atoms with E-state index in [1.54, 1.807) is 25.1 Å². The summed E-state index contributed by atoms with van der Waals surface area (Å²) in [7, 11) is 3.85. The molecule has 40 heavy (non-hydrogen) atoms. The van der Waals surface area contributed by atoms with Crippen molar-refractivity contribution in [2.45, 2.75) is 13.1 Å². The number of aromatic amines is 1. The highest BCUT2D eigenvalue weighted by molar-refractivity contribution is 6.31. The number of likely N-dealkylation sites (N-methyl/N-ethyl adjacent to an activating group) is 1. The number of halogens is 5. The third-order valence-corrected chi connectivity index (χ3v) is 6.34. The van der Waals surface area contributed by atoms with Crippen molar-refractivity contribution in [3.8, 4) is 0 Å². The van der Waals surface area contributed by atoms with Gasteiger partial charge in [0.2, 0.25) is 5.95 Å². The van der Waals surface area contributed by atoms with E-state index in [0.717, 1.165) is 18.7 Å². The molecule has 4 rings (SSSR count). The molecule has 0 atom stereocenters. The number of rotatable bonds is 8. The van der Waals surface area contributed by atoms with E-state index in [1.807, 2.05) is 19.0 Å². The second-order valence-corrected chi connectivity index (χ2v) is 9.51. The Morgan fingerprint density at radius 1 is 1.00 bits per heavy atom. The van der Waals surface area contributed by atoms with Crippen LogP contribution in [0.25, 0.3) is 11.0 Å². The zero-order chi connectivity index (χ0) is 28.3. The van der Waals surface area contributed by atoms with E-state index in [0.29, 0.717) is 39.8 Å². The second kappa shape index (κ2) is 12.6. The Hall–Kier alpha value is -3.80. The van der Waals surface area contributed by atoms with Crippen LogP contribution in [0.4, 0.5) is 30.5 Å². The van der Waals surface area contributed by atoms with Crippen LogP contribution in [-0.2, 0) is 6.18 Å². The minimum absolute atomic E-state index is 0. The maximum Gasteiger partial charge on any atom is 0.417 e. The molecule has 4 aromatic rings. The molecule has 212 valence electrons. The highest BCUT2D eigenvalue weighted by Crippen LogP contribution is 2.33. The van der Waals surface area contributed by atoms with Gasteiger partial charge in [-0.1, -0.05) is 29.8 Å². The van der Waals surface area contributed by atoms with Crippen LogP contribution in [0, 0.1) is 6.92 Å². The van der Waals surface area contributed by atoms with Gasteiger partial charge in [-0.25, -0.2) is 4.98 Å². The van der Waals surface area contributed by atoms with Gasteiger partial charge in [0.05, 0.1) is 22.2 Å². The fraction of sp³-hybridized carbons (Fsp3) is 0.222. The molecule has 0 aliphatic rings. The highest BCUT2D eigenvalue weighted by Gasteiger charge is 2.35. The first-order valence-corrected chi connectivity index (χ1v) is 12.3. The van der Waals surface area contributed by atoms with Crippen LogP contribution in [0.2, 0.25) is 5.02 Å². The van der Waals surface area contributed by atoms with E-state index < -0.39 is 29.1 Å². The van der Waals surface area contributed by atoms with Gasteiger partial charge in [0.25, 0.3) is 11.8 Å². The Bertz CT molecular complexity index is 1540. The van der Waals surface area contributed by atoms with Crippen LogP contribution in [0.3, 0.4) is 0 Å². The molecule has 8 nitrogen and oxygen atoms in total. The molecule has 0 bridgehead atoms. The van der Waals surface area contributed by atoms with Gasteiger partial charge >= 0.3 is 6.18 Å². The maximum absolute atomic E-state index is 13.5. The van der Waals surface area contributed by atoms with E-state index >= 15 is 0 Å². The number of carbonyl (C=O) groups excluding carboxylic acids is 2. The van der Waals surface area contributed by atoms with Crippen molar-refractivity contribution in [1.82, 2.24) is 14.9 Å². The lowest BCUT2D eigenvalue weighted by Gasteiger charge is -2.14. The van der Waals surface area contributed by atoms with Crippen LogP contribution in [0.1, 0.15) is 31.8 Å². The van der Waals surface area contributed by atoms with Crippen molar-refractivity contribution in [3.05, 3.63) is 81.9 Å². The van der Waals surface area contributed by atoms with Crippen LogP contribution in [-0.4, -0.2) is 53.9 Å². The molecule has 0 radical (unpaired) electrons. The summed E-state index contributed by atoms with van der Waals surface area (Å²) in [4.78, 5) is 35.9. The van der Waals surface area contributed by atoms with E-state index in [1.165, 1.54) is 24.3 Å². The van der Waals surface area contributed by atoms with Gasteiger partial charge < -0.3 is 25.8 Å². The van der Waals surface area contributed by atoms with E-state index in [4.69, 9.17) is 11.6 Å². The summed E-state index contributed by atoms with van der Waals surface area (Å²) in [5.41, 5.74) is 0.460. The number of alkyl halides is 3. The Morgan fingerprint density at radius 2 is 1.70 bits per heavy atom. The molecule has 0 spiro atoms. The molecule has 0 saturated carbocycles. The SMILES string of the molecule is Cc1c(Cl)cccc1NC(=O)c1cc(NC(=O)c2ccccc2C(F)(F)F)cc2[nH]c(NCCN(C)C)nc12.Cl. The minimum atomic E-state index is -4.71. The molecule has 2 amide bonds. The highest BCUT2D eigenvalue weighted by atomic mass is 35.5. The summed E-state index contributed by atoms with van der Waals surface area (Å²) in [6, 6.07) is 12.4. The van der Waals surface area contributed by atoms with Gasteiger partial charge in [-0.3, -0.25) is 9.59 Å². The summed E-state index contributed by atoms with van der Waals surface area (Å²) in [6.07, 6.45) is -4.71. The monoisotopic (exact) mass is 594 g/mol. The van der Waals surface area contributed by atoms with Crippen molar-refractivity contribution >= 4 is 64.2 Å². The number of nitrogens with zero attached hydrogens (tertiary/aromatic N) is 2. The molecule has 1 heterocycles. The van der Waals surface area contributed by atoms with Crippen LogP contribution in [0.5, 0.6) is 0 Å². The Morgan fingerprint density at radius 3 is 2.40 bits per heavy atom. The Labute approximate surface area is 239 Å². The maximum atomic E-state index is 13.5. The normalized spacial score (nSPS) is 11.3. The molecule has 0 aliphatic heterocycles. The quantitative estimate of drug-likeness (QED) is 0.188. The number of hydrogen-bond acceptors (Lipinski definition) is 5. The van der Waals surface area contributed by atoms with Crippen LogP contribution < -0.4 is 16.0 Å². The number of fused-ring (bicyclic) bond motifs is 1. The van der Waals surface area contributed by atoms with Gasteiger partial charge in [-0.15, -0.1) is 12.4 Å². The molecule has 13 heteroatoms. The number of hydrogen-bond donors (Lipinski definition) is 4. The van der Waals surface area contributed by atoms with Gasteiger partial charge in [0.1, 0.15) is 5.52 Å². The molecule has 3 aromatic carbocycles. The first-order chi connectivity index (χ1) is 18.4. The predicted molar refractivity (Wildman–Crippen MR) is 154 cm³/mol. The zero-order valence-electron chi connectivity index (χ0n) is 21.7. The Balaban J connectivity index is 0.00000441. The smallest absolute Gasteiger partial charge is 0.355 e. The third kappa shape index (κ3) is 7.04. The number of aromatic nitrogens is 2. The zero-order valence-corrected chi connectivity index (χ0v) is 23.3. The number of carbonyl (C=O) groups is 2. The fourth-order valence-corrected chi connectivity index (χ4v) is 4.08. The lowest BCUT2D eigenvalue weighted by atomic mass is 10.1. The second-order valence-electron chi connectivity index (χ2n) is 9.10. The molecule has 0 fully saturated rings. The number of H-pyrrole nitrogens is 1. The lowest BCUT2D eigenvalue weighted by molar-refractivity contribution is -0.137. The molecule has 0 unspecified atom stereocenters. The third-order valence-electron chi connectivity index (χ3n) is 5.93. The van der Waals surface area contributed by atoms with Crippen molar-refractivity contribution in [2.24, 2.45) is 0 Å². The first kappa shape index (κ1) is 30.7. The molecular weight excluding hydrogens is 568 g/mol. The number of imidazole rings is 1. The molecular formula is C27H27Cl2F3N6O2. The van der Waals surface area contributed by atoms with Gasteiger partial charge in [0.15, 0.2) is 0 Å². The lowest BCUT2D eigenvalue weighted by Crippen LogP contribution is -2.21. The molecule has 1 aromatic heterocycles. The summed E-state index contributed by atoms with van der Waals surface area (Å²) in [5.74, 6) is -1.11. The molecule has 4 N–H and O–H groups in total. The summed E-state index contributed by atoms with van der Waals surface area (Å²) in [5, 5.41) is 8.90. The van der Waals surface area contributed by atoms with Gasteiger partial charge in [-0.05, 0) is 63.0 Å². The van der Waals surface area contributed by atoms with Gasteiger partial charge in [0, 0.05) is 29.5 Å². The van der Waals surface area contributed by atoms with E-state index in [2.05, 4.69) is 25.9 Å². The number of nitrogens with one attached hydrogen (secondary N) is 4. The van der Waals surface area contributed by atoms with Crippen LogP contribution in [0.15, 0.2) is 54.6 Å². The topological polar surface area (TPSA) is 102 Å². The largest absolute Gasteiger partial charge is 0.417 e. The molecule has 0 aliphatic carbocycles. The van der Waals surface area contributed by atoms with Crippen molar-refractivity contribution < 1.29 is 22.8 Å². The predicted octanol–water partition coefficient (Wildman–Crippen LogP) is 6.44. The standard InChI is InChI=1S/C27H26ClF3N6O2.ClH/c1-15-20(28)9-6-10-21(15)34-25(39)18-13-16(14-22-23(18)36-26(35-22)32-11-12-37(2)3)33-24(38)17-7-4-5-8-19(17)27(29,30)31;/h4-10,13-14H,11-12H2,1-3H3,(H,33,38)(H,34,39)(H2,32,35,36);1H. The average molecular weight is 595 g/mol. The average Bonchev–Trinajstić information content (AvgIpc) is 3.28. The summed E-state index contributed by atoms with van der Waals surface area (Å²) >= 11 is 6.19. The van der Waals surface area contributed by atoms with Crippen molar-refractivity contribution in [1.29, 1.82) is 0 Å². The summed E-state index contributed by atoms with van der Waals surface area (Å²) in [6.45, 7) is 3.04. The number of anilines is 3.